The third-order valence-electron chi connectivity index (χ3n) is 2.88. The van der Waals surface area contributed by atoms with E-state index in [2.05, 4.69) is 10.3 Å². The molecule has 7 heteroatoms. The van der Waals surface area contributed by atoms with E-state index in [1.807, 2.05) is 6.92 Å². The SMILES string of the molecule is CC1CN(C(=O)Cn2cc(CCN)nn2)CCO1. The molecule has 0 saturated carbocycles. The van der Waals surface area contributed by atoms with Crippen molar-refractivity contribution in [2.75, 3.05) is 26.2 Å². The zero-order chi connectivity index (χ0) is 13.0. The molecule has 2 N–H and O–H groups in total. The predicted molar refractivity (Wildman–Crippen MR) is 64.8 cm³/mol. The van der Waals surface area contributed by atoms with Crippen LogP contribution in [-0.4, -0.2) is 58.1 Å². The predicted octanol–water partition coefficient (Wildman–Crippen LogP) is -0.973. The monoisotopic (exact) mass is 253 g/mol. The summed E-state index contributed by atoms with van der Waals surface area (Å²) in [5.74, 6) is 0.0503. The van der Waals surface area contributed by atoms with Crippen LogP contribution in [0, 0.1) is 0 Å². The standard InChI is InChI=1S/C11H19N5O2/c1-9-6-15(4-5-18-9)11(17)8-16-7-10(2-3-12)13-14-16/h7,9H,2-6,8,12H2,1H3. The first-order valence-corrected chi connectivity index (χ1v) is 6.17. The largest absolute Gasteiger partial charge is 0.375 e. The van der Waals surface area contributed by atoms with E-state index in [4.69, 9.17) is 10.5 Å². The molecule has 2 rings (SSSR count). The minimum atomic E-state index is 0.0503. The smallest absolute Gasteiger partial charge is 0.244 e. The van der Waals surface area contributed by atoms with Gasteiger partial charge in [0.1, 0.15) is 6.54 Å². The van der Waals surface area contributed by atoms with Gasteiger partial charge in [-0.3, -0.25) is 4.79 Å². The lowest BCUT2D eigenvalue weighted by atomic mass is 10.3. The van der Waals surface area contributed by atoms with Crippen LogP contribution in [0.2, 0.25) is 0 Å². The number of ether oxygens (including phenoxy) is 1. The molecule has 100 valence electrons. The van der Waals surface area contributed by atoms with Crippen LogP contribution in [0.15, 0.2) is 6.20 Å². The normalized spacial score (nSPS) is 20.1. The number of nitrogens with two attached hydrogens (primary N) is 1. The van der Waals surface area contributed by atoms with Crippen molar-refractivity contribution in [1.82, 2.24) is 19.9 Å². The molecule has 0 aromatic carbocycles. The Balaban J connectivity index is 1.89. The highest BCUT2D eigenvalue weighted by molar-refractivity contribution is 5.76. The number of carbonyl (C=O) groups is 1. The van der Waals surface area contributed by atoms with Crippen LogP contribution in [0.25, 0.3) is 0 Å². The Hall–Kier alpha value is -1.47. The van der Waals surface area contributed by atoms with Crippen LogP contribution in [-0.2, 0) is 22.5 Å². The van der Waals surface area contributed by atoms with Crippen LogP contribution in [0.1, 0.15) is 12.6 Å². The van der Waals surface area contributed by atoms with Crippen molar-refractivity contribution in [2.45, 2.75) is 26.0 Å². The van der Waals surface area contributed by atoms with Gasteiger partial charge in [0.15, 0.2) is 0 Å². The van der Waals surface area contributed by atoms with Gasteiger partial charge in [-0.1, -0.05) is 5.21 Å². The van der Waals surface area contributed by atoms with Gasteiger partial charge < -0.3 is 15.4 Å². The van der Waals surface area contributed by atoms with Crippen molar-refractivity contribution < 1.29 is 9.53 Å². The molecule has 1 aromatic rings. The quantitative estimate of drug-likeness (QED) is 0.746. The number of nitrogens with zero attached hydrogens (tertiary/aromatic N) is 4. The van der Waals surface area contributed by atoms with Crippen molar-refractivity contribution in [2.24, 2.45) is 5.73 Å². The number of morpholine rings is 1. The summed E-state index contributed by atoms with van der Waals surface area (Å²) in [4.78, 5) is 13.8. The van der Waals surface area contributed by atoms with Crippen LogP contribution in [0.4, 0.5) is 0 Å². The molecular weight excluding hydrogens is 234 g/mol. The lowest BCUT2D eigenvalue weighted by Crippen LogP contribution is -2.45. The molecule has 1 aliphatic rings. The number of rotatable bonds is 4. The number of hydrogen-bond acceptors (Lipinski definition) is 5. The van der Waals surface area contributed by atoms with Crippen molar-refractivity contribution in [3.63, 3.8) is 0 Å². The fourth-order valence-corrected chi connectivity index (χ4v) is 1.96. The first-order chi connectivity index (χ1) is 8.69. The summed E-state index contributed by atoms with van der Waals surface area (Å²) < 4.78 is 6.96. The highest BCUT2D eigenvalue weighted by Crippen LogP contribution is 2.05. The molecule has 1 amide bonds. The summed E-state index contributed by atoms with van der Waals surface area (Å²) in [5.41, 5.74) is 6.26. The van der Waals surface area contributed by atoms with E-state index < -0.39 is 0 Å². The molecule has 1 aromatic heterocycles. The van der Waals surface area contributed by atoms with E-state index in [0.717, 1.165) is 5.69 Å². The average Bonchev–Trinajstić information content (AvgIpc) is 2.77. The highest BCUT2D eigenvalue weighted by Gasteiger charge is 2.21. The molecule has 1 aliphatic heterocycles. The summed E-state index contributed by atoms with van der Waals surface area (Å²) in [6.07, 6.45) is 2.56. The van der Waals surface area contributed by atoms with Crippen molar-refractivity contribution in [3.8, 4) is 0 Å². The molecule has 1 unspecified atom stereocenters. The Kier molecular flexibility index (Phi) is 4.27. The van der Waals surface area contributed by atoms with Gasteiger partial charge in [0.05, 0.1) is 18.4 Å². The number of carbonyl (C=O) groups excluding carboxylic acids is 1. The van der Waals surface area contributed by atoms with Crippen LogP contribution in [0.3, 0.4) is 0 Å². The van der Waals surface area contributed by atoms with Gasteiger partial charge in [-0.05, 0) is 13.5 Å². The molecule has 1 fully saturated rings. The lowest BCUT2D eigenvalue weighted by molar-refractivity contribution is -0.139. The highest BCUT2D eigenvalue weighted by atomic mass is 16.5. The van der Waals surface area contributed by atoms with Crippen molar-refractivity contribution in [3.05, 3.63) is 11.9 Å². The van der Waals surface area contributed by atoms with Gasteiger partial charge in [-0.25, -0.2) is 4.68 Å². The third kappa shape index (κ3) is 3.27. The minimum absolute atomic E-state index is 0.0503. The number of aromatic nitrogens is 3. The molecule has 7 nitrogen and oxygen atoms in total. The zero-order valence-electron chi connectivity index (χ0n) is 10.6. The molecule has 18 heavy (non-hydrogen) atoms. The third-order valence-corrected chi connectivity index (χ3v) is 2.88. The second-order valence-corrected chi connectivity index (χ2v) is 4.47. The zero-order valence-corrected chi connectivity index (χ0v) is 10.6. The summed E-state index contributed by atoms with van der Waals surface area (Å²) in [6, 6.07) is 0. The summed E-state index contributed by atoms with van der Waals surface area (Å²) >= 11 is 0. The lowest BCUT2D eigenvalue weighted by Gasteiger charge is -2.31. The van der Waals surface area contributed by atoms with Crippen LogP contribution >= 0.6 is 0 Å². The maximum Gasteiger partial charge on any atom is 0.244 e. The van der Waals surface area contributed by atoms with Crippen LogP contribution < -0.4 is 5.73 Å². The molecule has 2 heterocycles. The molecule has 0 radical (unpaired) electrons. The number of amides is 1. The second kappa shape index (κ2) is 5.92. The molecule has 1 atom stereocenters. The number of hydrogen-bond donors (Lipinski definition) is 1. The van der Waals surface area contributed by atoms with Gasteiger partial charge >= 0.3 is 0 Å². The fraction of sp³-hybridized carbons (Fsp3) is 0.727. The van der Waals surface area contributed by atoms with E-state index in [-0.39, 0.29) is 18.6 Å². The van der Waals surface area contributed by atoms with E-state index in [1.54, 1.807) is 15.8 Å². The summed E-state index contributed by atoms with van der Waals surface area (Å²) in [7, 11) is 0. The van der Waals surface area contributed by atoms with E-state index in [9.17, 15) is 4.79 Å². The molecule has 0 bridgehead atoms. The maximum atomic E-state index is 12.0. The first kappa shape index (κ1) is 13.0. The van der Waals surface area contributed by atoms with Crippen molar-refractivity contribution in [1.29, 1.82) is 0 Å². The average molecular weight is 253 g/mol. The fourth-order valence-electron chi connectivity index (χ4n) is 1.96. The first-order valence-electron chi connectivity index (χ1n) is 6.17. The van der Waals surface area contributed by atoms with Crippen molar-refractivity contribution >= 4 is 5.91 Å². The van der Waals surface area contributed by atoms with Gasteiger partial charge in [0, 0.05) is 25.7 Å². The van der Waals surface area contributed by atoms with Gasteiger partial charge in [0.2, 0.25) is 5.91 Å². The molecule has 0 spiro atoms. The van der Waals surface area contributed by atoms with Gasteiger partial charge in [-0.2, -0.15) is 0 Å². The Morgan fingerprint density at radius 2 is 2.50 bits per heavy atom. The Bertz CT molecular complexity index is 406. The van der Waals surface area contributed by atoms with E-state index in [1.165, 1.54) is 0 Å². The van der Waals surface area contributed by atoms with Gasteiger partial charge in [-0.15, -0.1) is 5.10 Å². The van der Waals surface area contributed by atoms with E-state index >= 15 is 0 Å². The Morgan fingerprint density at radius 1 is 1.67 bits per heavy atom. The molecule has 1 saturated heterocycles. The maximum absolute atomic E-state index is 12.0. The Labute approximate surface area is 106 Å². The van der Waals surface area contributed by atoms with Crippen LogP contribution in [0.5, 0.6) is 0 Å². The molecule has 0 aliphatic carbocycles. The topological polar surface area (TPSA) is 86.3 Å². The summed E-state index contributed by atoms with van der Waals surface area (Å²) in [5, 5.41) is 7.88. The summed E-state index contributed by atoms with van der Waals surface area (Å²) in [6.45, 7) is 4.62. The van der Waals surface area contributed by atoms with E-state index in [0.29, 0.717) is 32.7 Å². The Morgan fingerprint density at radius 3 is 3.22 bits per heavy atom. The minimum Gasteiger partial charge on any atom is -0.375 e. The second-order valence-electron chi connectivity index (χ2n) is 4.47. The van der Waals surface area contributed by atoms with Gasteiger partial charge in [0.25, 0.3) is 0 Å². The molecular formula is C11H19N5O2.